The fourth-order valence-electron chi connectivity index (χ4n) is 1.40. The van der Waals surface area contributed by atoms with Crippen LogP contribution in [0.5, 0.6) is 11.5 Å². The molecule has 1 aromatic rings. The van der Waals surface area contributed by atoms with Crippen LogP contribution in [0, 0.1) is 0 Å². The van der Waals surface area contributed by atoms with Gasteiger partial charge in [0, 0.05) is 11.6 Å². The smallest absolute Gasteiger partial charge is 0.504 e. The minimum absolute atomic E-state index is 0.159. The lowest BCUT2D eigenvalue weighted by molar-refractivity contribution is 0.143. The van der Waals surface area contributed by atoms with Crippen LogP contribution in [0.1, 0.15) is 25.3 Å². The molecule has 0 fully saturated rings. The lowest BCUT2D eigenvalue weighted by atomic mass is 10.1. The molecule has 94 valence electrons. The monoisotopic (exact) mass is 278 g/mol. The molecule has 0 aromatic heterocycles. The highest BCUT2D eigenvalue weighted by Gasteiger charge is 2.18. The van der Waals surface area contributed by atoms with Gasteiger partial charge in [-0.15, -0.1) is 0 Å². The number of carboxylic acid groups (broad SMARTS) is 1. The van der Waals surface area contributed by atoms with Gasteiger partial charge in [0.2, 0.25) is 0 Å². The number of phenols is 1. The van der Waals surface area contributed by atoms with Gasteiger partial charge in [-0.1, -0.05) is 36.5 Å². The topological polar surface area (TPSA) is 66.8 Å². The summed E-state index contributed by atoms with van der Waals surface area (Å²) in [6, 6.07) is 1.18. The van der Waals surface area contributed by atoms with Crippen LogP contribution in [0.15, 0.2) is 6.07 Å². The molecule has 0 unspecified atom stereocenters. The standard InChI is InChI=1S/C11H12Cl2O4/c1-2-3-4-6-9(13)7(12)5-8(10(6)14)17-11(15)16/h5,14H,2-4H2,1H3,(H,15,16). The van der Waals surface area contributed by atoms with E-state index in [1.54, 1.807) is 0 Å². The van der Waals surface area contributed by atoms with Gasteiger partial charge < -0.3 is 14.9 Å². The average Bonchev–Trinajstić information content (AvgIpc) is 2.25. The molecule has 2 N–H and O–H groups in total. The van der Waals surface area contributed by atoms with E-state index in [4.69, 9.17) is 28.3 Å². The predicted octanol–water partition coefficient (Wildman–Crippen LogP) is 4.10. The number of halogens is 2. The molecule has 0 aliphatic carbocycles. The third kappa shape index (κ3) is 3.41. The number of ether oxygens (including phenoxy) is 1. The third-order valence-corrected chi connectivity index (χ3v) is 3.06. The Labute approximate surface area is 109 Å². The van der Waals surface area contributed by atoms with Gasteiger partial charge in [-0.2, -0.15) is 0 Å². The number of rotatable bonds is 4. The normalized spacial score (nSPS) is 10.3. The second kappa shape index (κ2) is 5.98. The van der Waals surface area contributed by atoms with Gasteiger partial charge in [0.1, 0.15) is 0 Å². The summed E-state index contributed by atoms with van der Waals surface area (Å²) in [6.45, 7) is 1.99. The first-order chi connectivity index (χ1) is 7.97. The van der Waals surface area contributed by atoms with E-state index in [1.165, 1.54) is 6.07 Å². The molecule has 0 heterocycles. The highest BCUT2D eigenvalue weighted by molar-refractivity contribution is 6.42. The first-order valence-electron chi connectivity index (χ1n) is 5.08. The Morgan fingerprint density at radius 1 is 1.47 bits per heavy atom. The van der Waals surface area contributed by atoms with Crippen molar-refractivity contribution in [3.63, 3.8) is 0 Å². The Hall–Kier alpha value is -1.13. The number of hydrogen-bond donors (Lipinski definition) is 2. The zero-order valence-corrected chi connectivity index (χ0v) is 10.7. The second-order valence-electron chi connectivity index (χ2n) is 3.47. The van der Waals surface area contributed by atoms with Gasteiger partial charge >= 0.3 is 6.16 Å². The predicted molar refractivity (Wildman–Crippen MR) is 65.4 cm³/mol. The molecule has 4 nitrogen and oxygen atoms in total. The minimum Gasteiger partial charge on any atom is -0.504 e. The quantitative estimate of drug-likeness (QED) is 0.643. The molecule has 0 radical (unpaired) electrons. The summed E-state index contributed by atoms with van der Waals surface area (Å²) in [5.74, 6) is -0.465. The summed E-state index contributed by atoms with van der Waals surface area (Å²) < 4.78 is 4.43. The van der Waals surface area contributed by atoms with Gasteiger partial charge in [0.25, 0.3) is 0 Å². The summed E-state index contributed by atoms with van der Waals surface area (Å²) >= 11 is 11.8. The van der Waals surface area contributed by atoms with E-state index in [-0.39, 0.29) is 21.5 Å². The molecule has 0 saturated carbocycles. The molecule has 0 spiro atoms. The summed E-state index contributed by atoms with van der Waals surface area (Å²) in [5, 5.41) is 18.7. The van der Waals surface area contributed by atoms with Gasteiger partial charge in [0.05, 0.1) is 10.0 Å². The molecule has 0 aliphatic rings. The van der Waals surface area contributed by atoms with Crippen molar-refractivity contribution in [2.24, 2.45) is 0 Å². The largest absolute Gasteiger partial charge is 0.511 e. The van der Waals surface area contributed by atoms with E-state index in [9.17, 15) is 9.90 Å². The zero-order chi connectivity index (χ0) is 13.0. The van der Waals surface area contributed by atoms with Gasteiger partial charge in [-0.05, 0) is 12.8 Å². The SMILES string of the molecule is CCCCc1c(O)c(OC(=O)O)cc(Cl)c1Cl. The lowest BCUT2D eigenvalue weighted by Crippen LogP contribution is -2.04. The fraction of sp³-hybridized carbons (Fsp3) is 0.364. The van der Waals surface area contributed by atoms with Crippen LogP contribution in [-0.4, -0.2) is 16.4 Å². The number of unbranched alkanes of at least 4 members (excludes halogenated alkanes) is 1. The Bertz CT molecular complexity index is 432. The van der Waals surface area contributed by atoms with E-state index in [0.29, 0.717) is 12.0 Å². The number of phenolic OH excluding ortho intramolecular Hbond substituents is 1. The van der Waals surface area contributed by atoms with E-state index in [2.05, 4.69) is 4.74 Å². The van der Waals surface area contributed by atoms with Crippen LogP contribution in [0.4, 0.5) is 4.79 Å². The Morgan fingerprint density at radius 2 is 2.12 bits per heavy atom. The van der Waals surface area contributed by atoms with E-state index >= 15 is 0 Å². The maximum absolute atomic E-state index is 10.4. The number of hydrogen-bond acceptors (Lipinski definition) is 3. The molecule has 0 amide bonds. The molecule has 0 atom stereocenters. The molecule has 1 rings (SSSR count). The van der Waals surface area contributed by atoms with E-state index in [0.717, 1.165) is 12.8 Å². The minimum atomic E-state index is -1.51. The first-order valence-corrected chi connectivity index (χ1v) is 5.83. The Kier molecular flexibility index (Phi) is 4.90. The van der Waals surface area contributed by atoms with Crippen LogP contribution in [0.25, 0.3) is 0 Å². The van der Waals surface area contributed by atoms with Gasteiger partial charge in [0.15, 0.2) is 11.5 Å². The number of carbonyl (C=O) groups is 1. The van der Waals surface area contributed by atoms with Gasteiger partial charge in [-0.3, -0.25) is 0 Å². The Balaban J connectivity index is 3.17. The zero-order valence-electron chi connectivity index (χ0n) is 9.17. The summed E-state index contributed by atoms with van der Waals surface area (Å²) in [6.07, 6.45) is 0.718. The number of aromatic hydroxyl groups is 1. The van der Waals surface area contributed by atoms with Crippen molar-refractivity contribution in [1.82, 2.24) is 0 Å². The van der Waals surface area contributed by atoms with Crippen LogP contribution < -0.4 is 4.74 Å². The maximum atomic E-state index is 10.4. The second-order valence-corrected chi connectivity index (χ2v) is 4.25. The van der Waals surface area contributed by atoms with Crippen molar-refractivity contribution in [2.45, 2.75) is 26.2 Å². The highest BCUT2D eigenvalue weighted by Crippen LogP contribution is 2.41. The van der Waals surface area contributed by atoms with Gasteiger partial charge in [-0.25, -0.2) is 4.79 Å². The average molecular weight is 279 g/mol. The third-order valence-electron chi connectivity index (χ3n) is 2.23. The lowest BCUT2D eigenvalue weighted by Gasteiger charge is -2.11. The summed E-state index contributed by atoms with van der Waals surface area (Å²) in [5.41, 5.74) is 0.414. The molecule has 1 aromatic carbocycles. The molecule has 0 aliphatic heterocycles. The molecule has 17 heavy (non-hydrogen) atoms. The summed E-state index contributed by atoms with van der Waals surface area (Å²) in [4.78, 5) is 10.4. The fourth-order valence-corrected chi connectivity index (χ4v) is 1.85. The number of benzene rings is 1. The molecule has 6 heteroatoms. The van der Waals surface area contributed by atoms with Crippen LogP contribution in [-0.2, 0) is 6.42 Å². The van der Waals surface area contributed by atoms with Crippen molar-refractivity contribution in [3.8, 4) is 11.5 Å². The Morgan fingerprint density at radius 3 is 2.65 bits per heavy atom. The molecular formula is C11H12Cl2O4. The van der Waals surface area contributed by atoms with Crippen molar-refractivity contribution >= 4 is 29.4 Å². The van der Waals surface area contributed by atoms with Crippen LogP contribution >= 0.6 is 23.2 Å². The van der Waals surface area contributed by atoms with Crippen molar-refractivity contribution in [1.29, 1.82) is 0 Å². The van der Waals surface area contributed by atoms with E-state index in [1.807, 2.05) is 6.92 Å². The molecule has 0 saturated heterocycles. The van der Waals surface area contributed by atoms with Crippen molar-refractivity contribution < 1.29 is 19.7 Å². The van der Waals surface area contributed by atoms with Crippen LogP contribution in [0.2, 0.25) is 10.0 Å². The van der Waals surface area contributed by atoms with Crippen molar-refractivity contribution in [3.05, 3.63) is 21.7 Å². The highest BCUT2D eigenvalue weighted by atomic mass is 35.5. The molecular weight excluding hydrogens is 267 g/mol. The first kappa shape index (κ1) is 13.9. The van der Waals surface area contributed by atoms with E-state index < -0.39 is 6.16 Å². The summed E-state index contributed by atoms with van der Waals surface area (Å²) in [7, 11) is 0. The maximum Gasteiger partial charge on any atom is 0.511 e. The van der Waals surface area contributed by atoms with Crippen molar-refractivity contribution in [2.75, 3.05) is 0 Å². The van der Waals surface area contributed by atoms with Crippen LogP contribution in [0.3, 0.4) is 0 Å². The molecule has 0 bridgehead atoms.